The van der Waals surface area contributed by atoms with Crippen LogP contribution in [0.25, 0.3) is 6.08 Å². The Morgan fingerprint density at radius 3 is 2.27 bits per heavy atom. The summed E-state index contributed by atoms with van der Waals surface area (Å²) >= 11 is 1.17. The average molecular weight is 568 g/mol. The van der Waals surface area contributed by atoms with Crippen molar-refractivity contribution in [1.82, 2.24) is 4.57 Å². The van der Waals surface area contributed by atoms with Gasteiger partial charge in [-0.2, -0.15) is 0 Å². The standard InChI is InChI=1S/C28H28N2O9S/c1-6-38-27(34)23-15(2)29-28-30(24(23)17-12-19(35-3)25(37-5)20(13-17)36-4)26(33)21(40-28)11-16-7-9-18(10-8-16)39-14-22(31)32/h7-13,24H,6,14H2,1-5H3,(H,31,32)/p-1/b21-11-/t24-/m1/s1. The maximum Gasteiger partial charge on any atom is 0.338 e. The normalized spacial score (nSPS) is 14.7. The summed E-state index contributed by atoms with van der Waals surface area (Å²) in [6, 6.07) is 9.05. The number of allylic oxidation sites excluding steroid dienone is 1. The van der Waals surface area contributed by atoms with Gasteiger partial charge in [0.1, 0.15) is 12.4 Å². The summed E-state index contributed by atoms with van der Waals surface area (Å²) in [6.45, 7) is 2.97. The molecule has 0 unspecified atom stereocenters. The highest BCUT2D eigenvalue weighted by Crippen LogP contribution is 2.42. The van der Waals surface area contributed by atoms with Gasteiger partial charge in [-0.3, -0.25) is 9.36 Å². The fourth-order valence-electron chi connectivity index (χ4n) is 4.32. The lowest BCUT2D eigenvalue weighted by Gasteiger charge is -2.26. The Labute approximate surface area is 233 Å². The van der Waals surface area contributed by atoms with E-state index in [1.54, 1.807) is 56.3 Å². The van der Waals surface area contributed by atoms with Crippen molar-refractivity contribution in [3.05, 3.63) is 78.5 Å². The van der Waals surface area contributed by atoms with E-state index < -0.39 is 24.6 Å². The Morgan fingerprint density at radius 2 is 1.73 bits per heavy atom. The summed E-state index contributed by atoms with van der Waals surface area (Å²) in [4.78, 5) is 42.6. The molecule has 1 aromatic heterocycles. The number of ether oxygens (including phenoxy) is 5. The van der Waals surface area contributed by atoms with Crippen molar-refractivity contribution in [1.29, 1.82) is 0 Å². The van der Waals surface area contributed by atoms with Crippen molar-refractivity contribution in [2.24, 2.45) is 4.99 Å². The van der Waals surface area contributed by atoms with Crippen LogP contribution in [0.15, 0.2) is 57.5 Å². The van der Waals surface area contributed by atoms with Gasteiger partial charge in [-0.1, -0.05) is 23.5 Å². The van der Waals surface area contributed by atoms with Gasteiger partial charge >= 0.3 is 5.97 Å². The number of benzene rings is 2. The summed E-state index contributed by atoms with van der Waals surface area (Å²) in [5, 5.41) is 10.6. The zero-order valence-electron chi connectivity index (χ0n) is 22.5. The number of rotatable bonds is 10. The number of aromatic nitrogens is 1. The number of carbonyl (C=O) groups excluding carboxylic acids is 2. The van der Waals surface area contributed by atoms with E-state index in [9.17, 15) is 19.5 Å². The molecule has 12 heteroatoms. The molecule has 0 N–H and O–H groups in total. The van der Waals surface area contributed by atoms with Crippen molar-refractivity contribution in [3.63, 3.8) is 0 Å². The first-order valence-electron chi connectivity index (χ1n) is 12.1. The van der Waals surface area contributed by atoms with E-state index in [1.165, 1.54) is 37.2 Å². The topological polar surface area (TPSA) is 138 Å². The van der Waals surface area contributed by atoms with Gasteiger partial charge in [0.15, 0.2) is 16.3 Å². The lowest BCUT2D eigenvalue weighted by molar-refractivity contribution is -0.307. The second-order valence-corrected chi connectivity index (χ2v) is 9.50. The number of carboxylic acid groups (broad SMARTS) is 1. The van der Waals surface area contributed by atoms with Gasteiger partial charge in [0.2, 0.25) is 5.75 Å². The Hall–Kier alpha value is -4.58. The largest absolute Gasteiger partial charge is 0.546 e. The first-order valence-corrected chi connectivity index (χ1v) is 13.0. The second kappa shape index (κ2) is 12.1. The van der Waals surface area contributed by atoms with E-state index >= 15 is 0 Å². The number of carboxylic acids is 1. The lowest BCUT2D eigenvalue weighted by atomic mass is 9.95. The summed E-state index contributed by atoms with van der Waals surface area (Å²) in [5.74, 6) is -0.490. The number of esters is 1. The van der Waals surface area contributed by atoms with Crippen LogP contribution in [-0.4, -0.2) is 51.0 Å². The quantitative estimate of drug-likeness (QED) is 0.328. The molecule has 0 fully saturated rings. The highest BCUT2D eigenvalue weighted by molar-refractivity contribution is 7.07. The third-order valence-corrected chi connectivity index (χ3v) is 7.04. The number of hydrogen-bond donors (Lipinski definition) is 0. The molecule has 210 valence electrons. The van der Waals surface area contributed by atoms with E-state index in [-0.39, 0.29) is 17.7 Å². The van der Waals surface area contributed by atoms with Gasteiger partial charge in [-0.05, 0) is 55.3 Å². The molecule has 1 aliphatic rings. The number of nitrogens with zero attached hydrogens (tertiary/aromatic N) is 2. The zero-order chi connectivity index (χ0) is 29.0. The fraction of sp³-hybridized carbons (Fsp3) is 0.286. The summed E-state index contributed by atoms with van der Waals surface area (Å²) in [7, 11) is 4.45. The number of hydrogen-bond acceptors (Lipinski definition) is 11. The van der Waals surface area contributed by atoms with Crippen LogP contribution in [0.5, 0.6) is 23.0 Å². The fourth-order valence-corrected chi connectivity index (χ4v) is 5.37. The predicted octanol–water partition coefficient (Wildman–Crippen LogP) is 0.953. The minimum absolute atomic E-state index is 0.144. The molecule has 2 aromatic carbocycles. The zero-order valence-corrected chi connectivity index (χ0v) is 23.3. The molecule has 0 spiro atoms. The summed E-state index contributed by atoms with van der Waals surface area (Å²) < 4.78 is 28.8. The molecule has 2 heterocycles. The molecule has 1 atom stereocenters. The number of carbonyl (C=O) groups is 2. The molecule has 0 aliphatic carbocycles. The van der Waals surface area contributed by atoms with Crippen molar-refractivity contribution in [2.45, 2.75) is 19.9 Å². The SMILES string of the molecule is CCOC(=O)C1=C(C)N=c2s/c(=C\c3ccc(OCC(=O)[O-])cc3)c(=O)n2[C@@H]1c1cc(OC)c(OC)c(OC)c1. The number of methoxy groups -OCH3 is 3. The third kappa shape index (κ3) is 5.57. The lowest BCUT2D eigenvalue weighted by Crippen LogP contribution is -2.40. The maximum absolute atomic E-state index is 13.8. The second-order valence-electron chi connectivity index (χ2n) is 8.49. The van der Waals surface area contributed by atoms with Crippen LogP contribution in [0.2, 0.25) is 0 Å². The molecule has 40 heavy (non-hydrogen) atoms. The Morgan fingerprint density at radius 1 is 1.07 bits per heavy atom. The van der Waals surface area contributed by atoms with Gasteiger partial charge in [-0.25, -0.2) is 9.79 Å². The van der Waals surface area contributed by atoms with Gasteiger partial charge in [0.25, 0.3) is 5.56 Å². The molecule has 0 radical (unpaired) electrons. The summed E-state index contributed by atoms with van der Waals surface area (Å²) in [6.07, 6.45) is 1.68. The van der Waals surface area contributed by atoms with Gasteiger partial charge < -0.3 is 33.6 Å². The molecule has 0 saturated heterocycles. The predicted molar refractivity (Wildman–Crippen MR) is 143 cm³/mol. The summed E-state index contributed by atoms with van der Waals surface area (Å²) in [5.41, 5.74) is 1.48. The Kier molecular flexibility index (Phi) is 8.58. The van der Waals surface area contributed by atoms with Crippen LogP contribution >= 0.6 is 11.3 Å². The first-order chi connectivity index (χ1) is 19.2. The van der Waals surface area contributed by atoms with Gasteiger partial charge in [-0.15, -0.1) is 0 Å². The maximum atomic E-state index is 13.8. The van der Waals surface area contributed by atoms with Crippen molar-refractivity contribution < 1.29 is 38.4 Å². The number of aliphatic carboxylic acids is 1. The van der Waals surface area contributed by atoms with Crippen LogP contribution in [0.1, 0.15) is 31.0 Å². The molecule has 3 aromatic rings. The van der Waals surface area contributed by atoms with Crippen LogP contribution in [-0.2, 0) is 14.3 Å². The Balaban J connectivity index is 1.89. The van der Waals surface area contributed by atoms with Gasteiger partial charge in [0.05, 0.1) is 55.7 Å². The third-order valence-electron chi connectivity index (χ3n) is 6.05. The molecular formula is C28H27N2O9S-. The molecular weight excluding hydrogens is 540 g/mol. The van der Waals surface area contributed by atoms with E-state index in [0.29, 0.717) is 49.2 Å². The minimum atomic E-state index is -1.33. The van der Waals surface area contributed by atoms with Crippen molar-refractivity contribution >= 4 is 29.4 Å². The highest BCUT2D eigenvalue weighted by atomic mass is 32.1. The minimum Gasteiger partial charge on any atom is -0.546 e. The molecule has 11 nitrogen and oxygen atoms in total. The number of fused-ring (bicyclic) bond motifs is 1. The van der Waals surface area contributed by atoms with E-state index in [1.807, 2.05) is 0 Å². The molecule has 0 amide bonds. The smallest absolute Gasteiger partial charge is 0.338 e. The van der Waals surface area contributed by atoms with E-state index in [4.69, 9.17) is 23.7 Å². The molecule has 0 saturated carbocycles. The van der Waals surface area contributed by atoms with Crippen molar-refractivity contribution in [2.75, 3.05) is 34.5 Å². The van der Waals surface area contributed by atoms with Gasteiger partial charge in [0, 0.05) is 0 Å². The molecule has 0 bridgehead atoms. The highest BCUT2D eigenvalue weighted by Gasteiger charge is 2.34. The van der Waals surface area contributed by atoms with Crippen LogP contribution < -0.4 is 38.9 Å². The van der Waals surface area contributed by atoms with E-state index in [2.05, 4.69) is 4.99 Å². The first kappa shape index (κ1) is 28.4. The van der Waals surface area contributed by atoms with Crippen LogP contribution in [0.4, 0.5) is 0 Å². The Bertz CT molecular complexity index is 1630. The molecule has 1 aliphatic heterocycles. The van der Waals surface area contributed by atoms with Crippen LogP contribution in [0, 0.1) is 0 Å². The molecule has 4 rings (SSSR count). The monoisotopic (exact) mass is 567 g/mol. The van der Waals surface area contributed by atoms with Crippen molar-refractivity contribution in [3.8, 4) is 23.0 Å². The average Bonchev–Trinajstić information content (AvgIpc) is 3.24. The van der Waals surface area contributed by atoms with E-state index in [0.717, 1.165) is 0 Å². The number of thiazole rings is 1. The van der Waals surface area contributed by atoms with Crippen LogP contribution in [0.3, 0.4) is 0 Å².